The Balaban J connectivity index is 1.34. The number of aliphatic hydroxyl groups is 1. The van der Waals surface area contributed by atoms with Crippen molar-refractivity contribution in [3.05, 3.63) is 42.0 Å². The van der Waals surface area contributed by atoms with Crippen molar-refractivity contribution < 1.29 is 14.7 Å². The van der Waals surface area contributed by atoms with Crippen molar-refractivity contribution >= 4 is 11.9 Å². The van der Waals surface area contributed by atoms with Crippen molar-refractivity contribution in [3.8, 4) is 6.07 Å². The van der Waals surface area contributed by atoms with Gasteiger partial charge >= 0.3 is 6.03 Å². The van der Waals surface area contributed by atoms with Gasteiger partial charge in [0.15, 0.2) is 6.35 Å². The number of nitrogens with zero attached hydrogens (tertiary/aromatic N) is 5. The van der Waals surface area contributed by atoms with E-state index in [1.54, 1.807) is 11.2 Å². The van der Waals surface area contributed by atoms with E-state index >= 15 is 0 Å². The number of allylic oxidation sites excluding steroid dienone is 4. The van der Waals surface area contributed by atoms with Crippen LogP contribution in [0.1, 0.15) is 64.0 Å². The van der Waals surface area contributed by atoms with Gasteiger partial charge in [-0.1, -0.05) is 50.8 Å². The van der Waals surface area contributed by atoms with E-state index in [4.69, 9.17) is 5.26 Å². The van der Waals surface area contributed by atoms with Gasteiger partial charge in [-0.05, 0) is 37.8 Å². The summed E-state index contributed by atoms with van der Waals surface area (Å²) < 4.78 is 2.06. The zero-order valence-corrected chi connectivity index (χ0v) is 24.3. The third-order valence-corrected chi connectivity index (χ3v) is 8.29. The number of piperazine rings is 1. The topological polar surface area (TPSA) is 139 Å². The molecule has 1 saturated heterocycles. The predicted octanol–water partition coefficient (Wildman–Crippen LogP) is 2.26. The molecule has 2 heterocycles. The van der Waals surface area contributed by atoms with E-state index in [-0.39, 0.29) is 30.4 Å². The summed E-state index contributed by atoms with van der Waals surface area (Å²) in [6.45, 7) is 4.96. The van der Waals surface area contributed by atoms with E-state index in [0.29, 0.717) is 45.6 Å². The van der Waals surface area contributed by atoms with E-state index in [2.05, 4.69) is 44.6 Å². The zero-order chi connectivity index (χ0) is 29.0. The van der Waals surface area contributed by atoms with Crippen LogP contribution in [0.3, 0.4) is 0 Å². The van der Waals surface area contributed by atoms with Gasteiger partial charge in [-0.15, -0.1) is 0 Å². The summed E-state index contributed by atoms with van der Waals surface area (Å²) in [6.07, 6.45) is 17.4. The Kier molecular flexibility index (Phi) is 11.8. The minimum Gasteiger partial charge on any atom is -0.365 e. The zero-order valence-electron chi connectivity index (χ0n) is 24.3. The summed E-state index contributed by atoms with van der Waals surface area (Å²) >= 11 is 0. The van der Waals surface area contributed by atoms with Crippen LogP contribution in [0.25, 0.3) is 0 Å². The number of aromatic nitrogens is 2. The van der Waals surface area contributed by atoms with E-state index < -0.39 is 12.4 Å². The molecule has 0 bridgehead atoms. The van der Waals surface area contributed by atoms with Gasteiger partial charge in [0, 0.05) is 57.1 Å². The normalized spacial score (nSPS) is 22.6. The molecule has 3 atom stereocenters. The molecule has 11 nitrogen and oxygen atoms in total. The first-order chi connectivity index (χ1) is 20.0. The second kappa shape index (κ2) is 15.7. The van der Waals surface area contributed by atoms with Crippen LogP contribution < -0.4 is 16.0 Å². The number of nitrogens with one attached hydrogen (secondary N) is 3. The van der Waals surface area contributed by atoms with Crippen LogP contribution in [-0.2, 0) is 17.8 Å². The van der Waals surface area contributed by atoms with Gasteiger partial charge in [0.25, 0.3) is 0 Å². The van der Waals surface area contributed by atoms with Crippen LogP contribution in [0, 0.1) is 17.2 Å². The summed E-state index contributed by atoms with van der Waals surface area (Å²) in [4.78, 5) is 34.6. The van der Waals surface area contributed by atoms with Crippen LogP contribution >= 0.6 is 0 Å². The van der Waals surface area contributed by atoms with Gasteiger partial charge in [0.05, 0.1) is 18.3 Å². The van der Waals surface area contributed by atoms with Gasteiger partial charge in [-0.3, -0.25) is 15.0 Å². The lowest BCUT2D eigenvalue weighted by Crippen LogP contribution is -2.65. The lowest BCUT2D eigenvalue weighted by atomic mass is 9.95. The van der Waals surface area contributed by atoms with Gasteiger partial charge in [-0.25, -0.2) is 9.78 Å². The fourth-order valence-corrected chi connectivity index (χ4v) is 5.74. The molecule has 11 heteroatoms. The fraction of sp³-hybridized carbons (Fsp3) is 0.667. The quantitative estimate of drug-likeness (QED) is 0.225. The fourth-order valence-electron chi connectivity index (χ4n) is 5.74. The largest absolute Gasteiger partial charge is 0.365 e. The molecule has 3 amide bonds. The van der Waals surface area contributed by atoms with E-state index in [1.807, 2.05) is 23.2 Å². The molecule has 4 N–H and O–H groups in total. The molecule has 4 rings (SSSR count). The van der Waals surface area contributed by atoms with E-state index in [1.165, 1.54) is 6.42 Å². The number of nitriles is 1. The smallest absolute Gasteiger partial charge is 0.318 e. The van der Waals surface area contributed by atoms with Crippen LogP contribution in [0.5, 0.6) is 0 Å². The first-order valence-electron chi connectivity index (χ1n) is 15.2. The molecule has 1 saturated carbocycles. The SMILES string of the molecule is CCCCNC(O)N1CCN(C(=O)NC2CCCCC2)C(C(=O)NCCc2cncn2CC2=CCC(C#N)C=C2)C1. The number of carbonyl (C=O) groups is 2. The van der Waals surface area contributed by atoms with Gasteiger partial charge < -0.3 is 25.2 Å². The Morgan fingerprint density at radius 2 is 2.05 bits per heavy atom. The summed E-state index contributed by atoms with van der Waals surface area (Å²) in [5.41, 5.74) is 2.13. The number of hydrogen-bond donors (Lipinski definition) is 4. The molecular formula is C30H46N8O3. The summed E-state index contributed by atoms with van der Waals surface area (Å²) in [7, 11) is 0. The monoisotopic (exact) mass is 566 g/mol. The van der Waals surface area contributed by atoms with Crippen LogP contribution in [-0.4, -0.2) is 87.6 Å². The average molecular weight is 567 g/mol. The number of amides is 3. The van der Waals surface area contributed by atoms with Crippen molar-refractivity contribution in [2.24, 2.45) is 5.92 Å². The standard InChI is InChI=1S/C30H46N8O3/c1-2-3-14-34-29(40)36-16-17-38(30(41)35-25-7-5-4-6-8-25)27(21-36)28(39)33-15-13-26-19-32-22-37(26)20-24-11-9-23(18-31)10-12-24/h9,11-12,19,22-23,25,27,29,34,40H,2-8,10,13-17,20-21H2,1H3,(H,33,39)(H,35,41). The molecular weight excluding hydrogens is 520 g/mol. The van der Waals surface area contributed by atoms with Crippen molar-refractivity contribution in [1.82, 2.24) is 35.3 Å². The number of rotatable bonds is 12. The average Bonchev–Trinajstić information content (AvgIpc) is 3.44. The van der Waals surface area contributed by atoms with E-state index in [0.717, 1.165) is 49.8 Å². The number of imidazole rings is 1. The molecule has 0 aromatic carbocycles. The maximum Gasteiger partial charge on any atom is 0.318 e. The highest BCUT2D eigenvalue weighted by molar-refractivity contribution is 5.87. The van der Waals surface area contributed by atoms with Gasteiger partial charge in [0.2, 0.25) is 5.91 Å². The first-order valence-corrected chi connectivity index (χ1v) is 15.2. The van der Waals surface area contributed by atoms with Crippen LogP contribution in [0.4, 0.5) is 4.79 Å². The summed E-state index contributed by atoms with van der Waals surface area (Å²) in [5, 5.41) is 29.1. The summed E-state index contributed by atoms with van der Waals surface area (Å²) in [5.74, 6) is -0.287. The number of unbranched alkanes of at least 4 members (excludes halogenated alkanes) is 1. The molecule has 0 radical (unpaired) electrons. The van der Waals surface area contributed by atoms with E-state index in [9.17, 15) is 14.7 Å². The predicted molar refractivity (Wildman–Crippen MR) is 156 cm³/mol. The minimum absolute atomic E-state index is 0.0653. The maximum absolute atomic E-state index is 13.5. The lowest BCUT2D eigenvalue weighted by molar-refractivity contribution is -0.130. The maximum atomic E-state index is 13.5. The molecule has 0 spiro atoms. The number of urea groups is 1. The number of aliphatic hydroxyl groups excluding tert-OH is 1. The third kappa shape index (κ3) is 8.89. The van der Waals surface area contributed by atoms with Gasteiger partial charge in [-0.2, -0.15) is 5.26 Å². The third-order valence-electron chi connectivity index (χ3n) is 8.29. The summed E-state index contributed by atoms with van der Waals surface area (Å²) in [6, 6.07) is 1.52. The Labute approximate surface area is 243 Å². The molecule has 3 unspecified atom stereocenters. The van der Waals surface area contributed by atoms with Gasteiger partial charge in [0.1, 0.15) is 6.04 Å². The van der Waals surface area contributed by atoms with Crippen molar-refractivity contribution in [3.63, 3.8) is 0 Å². The second-order valence-electron chi connectivity index (χ2n) is 11.3. The molecule has 3 aliphatic rings. The first kappa shape index (κ1) is 30.8. The molecule has 2 fully saturated rings. The number of hydrogen-bond acceptors (Lipinski definition) is 7. The molecule has 2 aliphatic carbocycles. The van der Waals surface area contributed by atoms with Crippen molar-refractivity contribution in [2.75, 3.05) is 32.7 Å². The molecule has 1 aromatic rings. The Bertz CT molecular complexity index is 1100. The number of carbonyl (C=O) groups excluding carboxylic acids is 2. The lowest BCUT2D eigenvalue weighted by Gasteiger charge is -2.42. The Hall–Kier alpha value is -3.20. The highest BCUT2D eigenvalue weighted by Crippen LogP contribution is 2.20. The second-order valence-corrected chi connectivity index (χ2v) is 11.3. The molecule has 1 aromatic heterocycles. The van der Waals surface area contributed by atoms with Crippen LogP contribution in [0.2, 0.25) is 0 Å². The Morgan fingerprint density at radius 1 is 1.22 bits per heavy atom. The minimum atomic E-state index is -0.860. The highest BCUT2D eigenvalue weighted by Gasteiger charge is 2.37. The van der Waals surface area contributed by atoms with Crippen LogP contribution in [0.15, 0.2) is 36.3 Å². The molecule has 1 aliphatic heterocycles. The van der Waals surface area contributed by atoms with Crippen molar-refractivity contribution in [2.45, 2.75) is 89.7 Å². The van der Waals surface area contributed by atoms with Crippen molar-refractivity contribution in [1.29, 1.82) is 5.26 Å². The Morgan fingerprint density at radius 3 is 2.78 bits per heavy atom. The highest BCUT2D eigenvalue weighted by atomic mass is 16.3. The molecule has 41 heavy (non-hydrogen) atoms. The molecule has 224 valence electrons.